The minimum absolute atomic E-state index is 0.642. The number of thiazole rings is 1. The van der Waals surface area contributed by atoms with E-state index in [-0.39, 0.29) is 0 Å². The lowest BCUT2D eigenvalue weighted by atomic mass is 9.85. The summed E-state index contributed by atoms with van der Waals surface area (Å²) in [6.45, 7) is 2.00. The van der Waals surface area contributed by atoms with Gasteiger partial charge in [-0.2, -0.15) is 5.10 Å². The SMILES string of the molecule is c1ccc2sc(-n3nc(C4CCCCC4)c4c3CCNC4)nc2c1. The van der Waals surface area contributed by atoms with Crippen LogP contribution in [0.3, 0.4) is 0 Å². The van der Waals surface area contributed by atoms with Crippen molar-refractivity contribution in [1.82, 2.24) is 20.1 Å². The molecule has 3 aromatic rings. The van der Waals surface area contributed by atoms with Crippen molar-refractivity contribution in [2.45, 2.75) is 51.0 Å². The normalized spacial score (nSPS) is 18.8. The first kappa shape index (κ1) is 14.6. The average molecular weight is 338 g/mol. The van der Waals surface area contributed by atoms with Crippen LogP contribution in [0.15, 0.2) is 24.3 Å². The third-order valence-corrected chi connectivity index (χ3v) is 6.43. The molecular formula is C19H22N4S. The van der Waals surface area contributed by atoms with Crippen LogP contribution in [0.4, 0.5) is 0 Å². The van der Waals surface area contributed by atoms with E-state index in [1.807, 2.05) is 0 Å². The third-order valence-electron chi connectivity index (χ3n) is 5.42. The van der Waals surface area contributed by atoms with Gasteiger partial charge in [-0.05, 0) is 25.0 Å². The minimum Gasteiger partial charge on any atom is -0.312 e. The lowest BCUT2D eigenvalue weighted by Gasteiger charge is -2.22. The number of aromatic nitrogens is 3. The molecule has 0 saturated heterocycles. The standard InChI is InChI=1S/C19H22N4S/c1-2-6-13(7-3-1)18-14-12-20-11-10-16(14)23(22-18)19-21-15-8-4-5-9-17(15)24-19/h4-5,8-9,13,20H,1-3,6-7,10-12H2. The number of rotatable bonds is 2. The van der Waals surface area contributed by atoms with E-state index in [9.17, 15) is 0 Å². The number of nitrogens with zero attached hydrogens (tertiary/aromatic N) is 3. The van der Waals surface area contributed by atoms with Crippen molar-refractivity contribution in [1.29, 1.82) is 0 Å². The number of hydrogen-bond donors (Lipinski definition) is 1. The second kappa shape index (κ2) is 5.97. The molecule has 1 aromatic carbocycles. The smallest absolute Gasteiger partial charge is 0.211 e. The molecule has 24 heavy (non-hydrogen) atoms. The number of para-hydroxylation sites is 1. The fourth-order valence-corrected chi connectivity index (χ4v) is 5.13. The Kier molecular flexibility index (Phi) is 3.64. The van der Waals surface area contributed by atoms with Crippen LogP contribution in [-0.4, -0.2) is 21.3 Å². The van der Waals surface area contributed by atoms with Gasteiger partial charge < -0.3 is 5.32 Å². The molecule has 5 rings (SSSR count). The quantitative estimate of drug-likeness (QED) is 0.762. The summed E-state index contributed by atoms with van der Waals surface area (Å²) in [4.78, 5) is 4.85. The van der Waals surface area contributed by atoms with Crippen molar-refractivity contribution in [3.63, 3.8) is 0 Å². The molecule has 124 valence electrons. The fourth-order valence-electron chi connectivity index (χ4n) is 4.19. The third kappa shape index (κ3) is 2.38. The monoisotopic (exact) mass is 338 g/mol. The Labute approximate surface area is 145 Å². The van der Waals surface area contributed by atoms with Gasteiger partial charge in [0.15, 0.2) is 0 Å². The van der Waals surface area contributed by atoms with Crippen LogP contribution in [0, 0.1) is 0 Å². The van der Waals surface area contributed by atoms with Gasteiger partial charge in [0.2, 0.25) is 5.13 Å². The van der Waals surface area contributed by atoms with Gasteiger partial charge in [0.05, 0.1) is 21.6 Å². The van der Waals surface area contributed by atoms with Gasteiger partial charge in [0.25, 0.3) is 0 Å². The molecule has 5 heteroatoms. The Morgan fingerprint density at radius 3 is 2.88 bits per heavy atom. The van der Waals surface area contributed by atoms with Crippen molar-refractivity contribution in [2.75, 3.05) is 6.54 Å². The predicted molar refractivity (Wildman–Crippen MR) is 98.0 cm³/mol. The van der Waals surface area contributed by atoms with Gasteiger partial charge in [0.1, 0.15) is 0 Å². The van der Waals surface area contributed by atoms with Crippen molar-refractivity contribution in [2.24, 2.45) is 0 Å². The van der Waals surface area contributed by atoms with E-state index in [1.54, 1.807) is 11.3 Å². The Balaban J connectivity index is 1.63. The van der Waals surface area contributed by atoms with Crippen LogP contribution >= 0.6 is 11.3 Å². The first-order valence-electron chi connectivity index (χ1n) is 9.07. The topological polar surface area (TPSA) is 42.7 Å². The summed E-state index contributed by atoms with van der Waals surface area (Å²) in [5.41, 5.74) is 5.26. The Hall–Kier alpha value is -1.72. The highest BCUT2D eigenvalue weighted by molar-refractivity contribution is 7.20. The van der Waals surface area contributed by atoms with Gasteiger partial charge >= 0.3 is 0 Å². The Morgan fingerprint density at radius 2 is 2.00 bits per heavy atom. The molecule has 0 unspecified atom stereocenters. The number of nitrogens with one attached hydrogen (secondary N) is 1. The van der Waals surface area contributed by atoms with E-state index in [0.29, 0.717) is 5.92 Å². The van der Waals surface area contributed by atoms with Gasteiger partial charge in [-0.25, -0.2) is 9.67 Å². The fraction of sp³-hybridized carbons (Fsp3) is 0.474. The van der Waals surface area contributed by atoms with E-state index in [1.165, 1.54) is 53.8 Å². The van der Waals surface area contributed by atoms with E-state index in [0.717, 1.165) is 30.2 Å². The lowest BCUT2D eigenvalue weighted by Crippen LogP contribution is -2.25. The van der Waals surface area contributed by atoms with Gasteiger partial charge in [-0.3, -0.25) is 0 Å². The molecule has 1 saturated carbocycles. The van der Waals surface area contributed by atoms with Crippen LogP contribution < -0.4 is 5.32 Å². The summed E-state index contributed by atoms with van der Waals surface area (Å²) in [6, 6.07) is 8.38. The average Bonchev–Trinajstić information content (AvgIpc) is 3.24. The molecule has 0 atom stereocenters. The second-order valence-corrected chi connectivity index (χ2v) is 7.96. The molecule has 1 aliphatic heterocycles. The molecular weight excluding hydrogens is 316 g/mol. The van der Waals surface area contributed by atoms with Gasteiger partial charge in [-0.1, -0.05) is 42.7 Å². The molecule has 1 aliphatic carbocycles. The molecule has 0 radical (unpaired) electrons. The van der Waals surface area contributed by atoms with Crippen LogP contribution in [0.25, 0.3) is 15.3 Å². The zero-order valence-electron chi connectivity index (χ0n) is 13.8. The molecule has 0 amide bonds. The van der Waals surface area contributed by atoms with Crippen molar-refractivity contribution >= 4 is 21.6 Å². The van der Waals surface area contributed by atoms with Gasteiger partial charge in [0, 0.05) is 31.0 Å². The number of hydrogen-bond acceptors (Lipinski definition) is 4. The molecule has 2 aliphatic rings. The Morgan fingerprint density at radius 1 is 1.12 bits per heavy atom. The van der Waals surface area contributed by atoms with Crippen LogP contribution in [0.2, 0.25) is 0 Å². The van der Waals surface area contributed by atoms with Crippen molar-refractivity contribution in [3.8, 4) is 5.13 Å². The number of benzene rings is 1. The molecule has 1 fully saturated rings. The first-order chi connectivity index (χ1) is 11.9. The maximum absolute atomic E-state index is 5.11. The molecule has 0 spiro atoms. The lowest BCUT2D eigenvalue weighted by molar-refractivity contribution is 0.432. The highest BCUT2D eigenvalue weighted by Gasteiger charge is 2.28. The summed E-state index contributed by atoms with van der Waals surface area (Å²) in [6.07, 6.45) is 7.72. The number of fused-ring (bicyclic) bond motifs is 2. The molecule has 3 heterocycles. The Bertz CT molecular complexity index is 840. The van der Waals surface area contributed by atoms with E-state index in [2.05, 4.69) is 34.3 Å². The van der Waals surface area contributed by atoms with Crippen LogP contribution in [0.1, 0.15) is 55.0 Å². The predicted octanol–water partition coefficient (Wildman–Crippen LogP) is 4.18. The highest BCUT2D eigenvalue weighted by atomic mass is 32.1. The summed E-state index contributed by atoms with van der Waals surface area (Å²) in [5, 5.41) is 9.67. The minimum atomic E-state index is 0.642. The van der Waals surface area contributed by atoms with Crippen LogP contribution in [0.5, 0.6) is 0 Å². The van der Waals surface area contributed by atoms with E-state index in [4.69, 9.17) is 10.1 Å². The summed E-state index contributed by atoms with van der Waals surface area (Å²) < 4.78 is 3.40. The maximum Gasteiger partial charge on any atom is 0.211 e. The largest absolute Gasteiger partial charge is 0.312 e. The second-order valence-electron chi connectivity index (χ2n) is 6.95. The molecule has 2 aromatic heterocycles. The highest BCUT2D eigenvalue weighted by Crippen LogP contribution is 2.37. The summed E-state index contributed by atoms with van der Waals surface area (Å²) >= 11 is 1.75. The van der Waals surface area contributed by atoms with E-state index < -0.39 is 0 Å². The molecule has 4 nitrogen and oxygen atoms in total. The zero-order chi connectivity index (χ0) is 15.9. The van der Waals surface area contributed by atoms with Gasteiger partial charge in [-0.15, -0.1) is 0 Å². The summed E-state index contributed by atoms with van der Waals surface area (Å²) in [5.74, 6) is 0.642. The molecule has 1 N–H and O–H groups in total. The maximum atomic E-state index is 5.11. The van der Waals surface area contributed by atoms with Crippen molar-refractivity contribution in [3.05, 3.63) is 41.2 Å². The zero-order valence-corrected chi connectivity index (χ0v) is 14.6. The van der Waals surface area contributed by atoms with E-state index >= 15 is 0 Å². The van der Waals surface area contributed by atoms with Crippen molar-refractivity contribution < 1.29 is 0 Å². The first-order valence-corrected chi connectivity index (χ1v) is 9.89. The molecule has 0 bridgehead atoms. The summed E-state index contributed by atoms with van der Waals surface area (Å²) in [7, 11) is 0. The van der Waals surface area contributed by atoms with Crippen LogP contribution in [-0.2, 0) is 13.0 Å².